The Labute approximate surface area is 119 Å². The summed E-state index contributed by atoms with van der Waals surface area (Å²) in [6.07, 6.45) is 2.37. The number of methoxy groups -OCH3 is 2. The molecule has 0 saturated carbocycles. The summed E-state index contributed by atoms with van der Waals surface area (Å²) in [5, 5.41) is 0. The van der Waals surface area contributed by atoms with Crippen molar-refractivity contribution in [2.45, 2.75) is 25.3 Å². The summed E-state index contributed by atoms with van der Waals surface area (Å²) in [5.41, 5.74) is 6.52. The van der Waals surface area contributed by atoms with Gasteiger partial charge in [0.15, 0.2) is 0 Å². The number of ether oxygens (including phenoxy) is 2. The first-order valence-electron chi connectivity index (χ1n) is 6.92. The fourth-order valence-corrected chi connectivity index (χ4v) is 2.75. The fourth-order valence-electron chi connectivity index (χ4n) is 2.75. The van der Waals surface area contributed by atoms with Crippen molar-refractivity contribution in [3.05, 3.63) is 23.8 Å². The zero-order valence-corrected chi connectivity index (χ0v) is 12.1. The molecule has 0 aliphatic carbocycles. The van der Waals surface area contributed by atoms with Crippen LogP contribution in [0.2, 0.25) is 0 Å². The molecule has 1 aliphatic heterocycles. The van der Waals surface area contributed by atoms with Crippen LogP contribution in [-0.4, -0.2) is 38.1 Å². The normalized spacial score (nSPS) is 18.1. The van der Waals surface area contributed by atoms with Crippen LogP contribution in [0, 0.1) is 0 Å². The van der Waals surface area contributed by atoms with Crippen LogP contribution in [0.3, 0.4) is 0 Å². The van der Waals surface area contributed by atoms with Crippen LogP contribution in [-0.2, 0) is 4.79 Å². The average molecular weight is 278 g/mol. The molecule has 1 aromatic rings. The maximum absolute atomic E-state index is 12.1. The van der Waals surface area contributed by atoms with E-state index >= 15 is 0 Å². The minimum atomic E-state index is 0.0786. The summed E-state index contributed by atoms with van der Waals surface area (Å²) in [5.74, 6) is 1.64. The van der Waals surface area contributed by atoms with Gasteiger partial charge in [-0.25, -0.2) is 0 Å². The SMILES string of the molecule is COc1ccc(C2CCCN2C(=O)CCN)c(OC)c1. The van der Waals surface area contributed by atoms with Crippen molar-refractivity contribution in [3.8, 4) is 11.5 Å². The molecule has 0 spiro atoms. The first-order chi connectivity index (χ1) is 9.71. The van der Waals surface area contributed by atoms with Gasteiger partial charge in [-0.2, -0.15) is 0 Å². The van der Waals surface area contributed by atoms with Crippen LogP contribution >= 0.6 is 0 Å². The van der Waals surface area contributed by atoms with E-state index in [0.717, 1.165) is 36.4 Å². The van der Waals surface area contributed by atoms with Crippen molar-refractivity contribution < 1.29 is 14.3 Å². The lowest BCUT2D eigenvalue weighted by Crippen LogP contribution is -2.32. The minimum absolute atomic E-state index is 0.0786. The van der Waals surface area contributed by atoms with E-state index in [1.807, 2.05) is 23.1 Å². The van der Waals surface area contributed by atoms with Gasteiger partial charge in [0.2, 0.25) is 5.91 Å². The van der Waals surface area contributed by atoms with Gasteiger partial charge in [0, 0.05) is 31.1 Å². The number of nitrogens with zero attached hydrogens (tertiary/aromatic N) is 1. The molecular formula is C15H22N2O3. The molecule has 0 bridgehead atoms. The Morgan fingerprint density at radius 1 is 1.40 bits per heavy atom. The van der Waals surface area contributed by atoms with Gasteiger partial charge in [0.1, 0.15) is 11.5 Å². The molecule has 1 amide bonds. The molecule has 5 nitrogen and oxygen atoms in total. The second-order valence-corrected chi connectivity index (χ2v) is 4.89. The highest BCUT2D eigenvalue weighted by molar-refractivity contribution is 5.77. The molecule has 2 N–H and O–H groups in total. The summed E-state index contributed by atoms with van der Waals surface area (Å²) < 4.78 is 10.7. The van der Waals surface area contributed by atoms with Crippen molar-refractivity contribution >= 4 is 5.91 Å². The molecule has 1 heterocycles. The Balaban J connectivity index is 2.27. The average Bonchev–Trinajstić information content (AvgIpc) is 2.96. The highest BCUT2D eigenvalue weighted by Crippen LogP contribution is 2.38. The first-order valence-corrected chi connectivity index (χ1v) is 6.92. The Morgan fingerprint density at radius 2 is 2.20 bits per heavy atom. The lowest BCUT2D eigenvalue weighted by molar-refractivity contribution is -0.131. The molecule has 0 radical (unpaired) electrons. The highest BCUT2D eigenvalue weighted by atomic mass is 16.5. The third-order valence-corrected chi connectivity index (χ3v) is 3.73. The van der Waals surface area contributed by atoms with E-state index in [0.29, 0.717) is 13.0 Å². The predicted molar refractivity (Wildman–Crippen MR) is 76.9 cm³/mol. The van der Waals surface area contributed by atoms with E-state index in [9.17, 15) is 4.79 Å². The van der Waals surface area contributed by atoms with Gasteiger partial charge in [0.05, 0.1) is 20.3 Å². The number of nitrogens with two attached hydrogens (primary N) is 1. The van der Waals surface area contributed by atoms with E-state index in [2.05, 4.69) is 0 Å². The van der Waals surface area contributed by atoms with Crippen molar-refractivity contribution in [3.63, 3.8) is 0 Å². The van der Waals surface area contributed by atoms with Gasteiger partial charge in [-0.15, -0.1) is 0 Å². The number of hydrogen-bond donors (Lipinski definition) is 1. The Hall–Kier alpha value is -1.75. The quantitative estimate of drug-likeness (QED) is 0.890. The lowest BCUT2D eigenvalue weighted by atomic mass is 10.0. The van der Waals surface area contributed by atoms with Crippen LogP contribution in [0.5, 0.6) is 11.5 Å². The van der Waals surface area contributed by atoms with Crippen molar-refractivity contribution in [2.24, 2.45) is 5.73 Å². The topological polar surface area (TPSA) is 64.8 Å². The van der Waals surface area contributed by atoms with Crippen molar-refractivity contribution in [1.82, 2.24) is 4.90 Å². The van der Waals surface area contributed by atoms with Crippen LogP contribution in [0.1, 0.15) is 30.9 Å². The van der Waals surface area contributed by atoms with Gasteiger partial charge in [-0.1, -0.05) is 0 Å². The first kappa shape index (κ1) is 14.7. The Bertz CT molecular complexity index is 476. The number of benzene rings is 1. The molecule has 1 saturated heterocycles. The smallest absolute Gasteiger partial charge is 0.224 e. The molecular weight excluding hydrogens is 256 g/mol. The number of carbonyl (C=O) groups excluding carboxylic acids is 1. The van der Waals surface area contributed by atoms with Gasteiger partial charge < -0.3 is 20.1 Å². The summed E-state index contributed by atoms with van der Waals surface area (Å²) in [7, 11) is 3.26. The van der Waals surface area contributed by atoms with E-state index in [1.165, 1.54) is 0 Å². The van der Waals surface area contributed by atoms with Crippen LogP contribution < -0.4 is 15.2 Å². The lowest BCUT2D eigenvalue weighted by Gasteiger charge is -2.26. The molecule has 20 heavy (non-hydrogen) atoms. The van der Waals surface area contributed by atoms with Gasteiger partial charge in [0.25, 0.3) is 0 Å². The minimum Gasteiger partial charge on any atom is -0.497 e. The van der Waals surface area contributed by atoms with Gasteiger partial charge in [-0.3, -0.25) is 4.79 Å². The molecule has 1 atom stereocenters. The molecule has 1 aliphatic rings. The van der Waals surface area contributed by atoms with E-state index in [-0.39, 0.29) is 11.9 Å². The largest absolute Gasteiger partial charge is 0.497 e. The summed E-state index contributed by atoms with van der Waals surface area (Å²) >= 11 is 0. The van der Waals surface area contributed by atoms with Crippen LogP contribution in [0.25, 0.3) is 0 Å². The zero-order chi connectivity index (χ0) is 14.5. The maximum atomic E-state index is 12.1. The third kappa shape index (κ3) is 2.88. The summed E-state index contributed by atoms with van der Waals surface area (Å²) in [6, 6.07) is 5.83. The standard InChI is InChI=1S/C15H22N2O3/c1-19-11-5-6-12(14(10-11)20-2)13-4-3-9-17(13)15(18)7-8-16/h5-6,10,13H,3-4,7-9,16H2,1-2H3. The van der Waals surface area contributed by atoms with E-state index < -0.39 is 0 Å². The molecule has 1 unspecified atom stereocenters. The predicted octanol–water partition coefficient (Wildman–Crippen LogP) is 1.72. The molecule has 2 rings (SSSR count). The van der Waals surface area contributed by atoms with Gasteiger partial charge in [-0.05, 0) is 25.0 Å². The van der Waals surface area contributed by atoms with Crippen molar-refractivity contribution in [2.75, 3.05) is 27.3 Å². The molecule has 110 valence electrons. The zero-order valence-electron chi connectivity index (χ0n) is 12.1. The van der Waals surface area contributed by atoms with E-state index in [1.54, 1.807) is 14.2 Å². The van der Waals surface area contributed by atoms with Gasteiger partial charge >= 0.3 is 0 Å². The second kappa shape index (κ2) is 6.61. The number of rotatable bonds is 5. The fraction of sp³-hybridized carbons (Fsp3) is 0.533. The van der Waals surface area contributed by atoms with Crippen LogP contribution in [0.4, 0.5) is 0 Å². The monoisotopic (exact) mass is 278 g/mol. The number of hydrogen-bond acceptors (Lipinski definition) is 4. The van der Waals surface area contributed by atoms with Crippen molar-refractivity contribution in [1.29, 1.82) is 0 Å². The van der Waals surface area contributed by atoms with E-state index in [4.69, 9.17) is 15.2 Å². The maximum Gasteiger partial charge on any atom is 0.224 e. The highest BCUT2D eigenvalue weighted by Gasteiger charge is 2.31. The summed E-state index contributed by atoms with van der Waals surface area (Å²) in [6.45, 7) is 1.18. The number of amides is 1. The third-order valence-electron chi connectivity index (χ3n) is 3.73. The Morgan fingerprint density at radius 3 is 2.85 bits per heavy atom. The second-order valence-electron chi connectivity index (χ2n) is 4.89. The summed E-state index contributed by atoms with van der Waals surface area (Å²) in [4.78, 5) is 14.0. The van der Waals surface area contributed by atoms with Crippen LogP contribution in [0.15, 0.2) is 18.2 Å². The molecule has 1 fully saturated rings. The molecule has 1 aromatic carbocycles. The molecule has 0 aromatic heterocycles. The molecule has 5 heteroatoms. The number of likely N-dealkylation sites (tertiary alicyclic amines) is 1. The Kier molecular flexibility index (Phi) is 4.84. The number of carbonyl (C=O) groups is 1.